The Hall–Kier alpha value is -12.1. The van der Waals surface area contributed by atoms with E-state index in [0.717, 1.165) is 129 Å². The Bertz CT molecular complexity index is 6220. The zero-order valence-electron chi connectivity index (χ0n) is 78.5. The van der Waals surface area contributed by atoms with Crippen LogP contribution in [0.1, 0.15) is 272 Å². The van der Waals surface area contributed by atoms with E-state index < -0.39 is 12.5 Å². The molecule has 20 nitrogen and oxygen atoms in total. The number of carbonyl (C=O) groups excluding carboxylic acids is 1. The molecule has 15 aromatic rings. The number of hydrogen-bond donors (Lipinski definition) is 0. The quantitative estimate of drug-likeness (QED) is 0.0887. The lowest BCUT2D eigenvalue weighted by Crippen LogP contribution is -2.25. The van der Waals surface area contributed by atoms with E-state index in [1.165, 1.54) is 78.8 Å². The Labute approximate surface area is 751 Å². The van der Waals surface area contributed by atoms with Gasteiger partial charge in [0.2, 0.25) is 5.91 Å². The number of anilines is 1. The van der Waals surface area contributed by atoms with Crippen molar-refractivity contribution in [3.63, 3.8) is 0 Å². The first-order valence-electron chi connectivity index (χ1n) is 44.8. The first kappa shape index (κ1) is 92.6. The molecule has 4 aliphatic rings. The van der Waals surface area contributed by atoms with Crippen molar-refractivity contribution in [1.82, 2.24) is 67.4 Å². The molecule has 1 aliphatic carbocycles. The van der Waals surface area contributed by atoms with Crippen LogP contribution in [0, 0.1) is 48.5 Å². The molecule has 127 heavy (non-hydrogen) atoms. The van der Waals surface area contributed by atoms with Gasteiger partial charge in [0.05, 0.1) is 147 Å². The van der Waals surface area contributed by atoms with Gasteiger partial charge in [-0.1, -0.05) is 145 Å². The van der Waals surface area contributed by atoms with Gasteiger partial charge in [0.1, 0.15) is 11.5 Å². The topological polar surface area (TPSA) is 194 Å². The van der Waals surface area contributed by atoms with Crippen LogP contribution in [-0.2, 0) is 42.8 Å². The summed E-state index contributed by atoms with van der Waals surface area (Å²) in [4.78, 5) is 43.4. The smallest absolute Gasteiger partial charge is 0.310 e. The fourth-order valence-electron chi connectivity index (χ4n) is 16.9. The number of ether oxygens (including phenoxy) is 3. The van der Waals surface area contributed by atoms with Gasteiger partial charge in [-0.25, -0.2) is 29.9 Å². The molecular weight excluding hydrogens is 1610 g/mol. The fourth-order valence-corrected chi connectivity index (χ4v) is 18.0. The molecule has 0 atom stereocenters. The SMILES string of the molecule is CC(=O)N1CCc2nc(C(C)C)ccc21.CCOc1cc(C(C)C)ccc1-n1cnc(CC)c1.Cc1cn(-c2ccc(C(C)C)c3c(C)csc23)cn1.Cc1cn(-c2ccc(C(C)C)c3c(C)noc23)cn1.Cc1cn(-c2ccc(C(C)C)c3c2CC3)cn1.Cc1cn(-c2ccc(C(C)C)c3c2OCC3(F)F)cn1.Cc1cn(-c2ccc(C(C)C)c3c2OCC3)cn1. The number of nitrogens with zero attached hydrogens (tertiary/aromatic N) is 15. The molecule has 0 saturated carbocycles. The number of amides is 1. The van der Waals surface area contributed by atoms with E-state index in [0.29, 0.717) is 53.4 Å². The second-order valence-electron chi connectivity index (χ2n) is 35.6. The van der Waals surface area contributed by atoms with E-state index in [1.807, 2.05) is 143 Å². The summed E-state index contributed by atoms with van der Waals surface area (Å²) < 4.78 is 64.1. The van der Waals surface area contributed by atoms with E-state index in [9.17, 15) is 13.6 Å². The Balaban J connectivity index is 0.000000127. The van der Waals surface area contributed by atoms with Crippen LogP contribution >= 0.6 is 11.3 Å². The molecule has 23 heteroatoms. The second-order valence-corrected chi connectivity index (χ2v) is 36.5. The van der Waals surface area contributed by atoms with E-state index in [-0.39, 0.29) is 23.1 Å². The first-order valence-corrected chi connectivity index (χ1v) is 45.6. The Kier molecular flexibility index (Phi) is 29.0. The number of aromatic nitrogens is 14. The van der Waals surface area contributed by atoms with Crippen LogP contribution in [-0.4, -0.2) is 99.7 Å². The maximum atomic E-state index is 14.1. The Morgan fingerprint density at radius 2 is 0.945 bits per heavy atom. The first-order chi connectivity index (χ1) is 60.6. The van der Waals surface area contributed by atoms with Gasteiger partial charge in [0.25, 0.3) is 0 Å². The van der Waals surface area contributed by atoms with Crippen LogP contribution in [0.3, 0.4) is 0 Å². The van der Waals surface area contributed by atoms with Crippen molar-refractivity contribution >= 4 is 44.0 Å². The number of alkyl halides is 2. The molecule has 0 bridgehead atoms. The van der Waals surface area contributed by atoms with Crippen LogP contribution in [0.4, 0.5) is 14.5 Å². The van der Waals surface area contributed by atoms with E-state index >= 15 is 0 Å². The van der Waals surface area contributed by atoms with E-state index in [2.05, 4.69) is 237 Å². The lowest BCUT2D eigenvalue weighted by Gasteiger charge is -2.27. The summed E-state index contributed by atoms with van der Waals surface area (Å²) in [7, 11) is 0. The number of imidazole rings is 6. The highest BCUT2D eigenvalue weighted by Gasteiger charge is 2.45. The number of carbonyl (C=O) groups is 1. The van der Waals surface area contributed by atoms with Crippen LogP contribution < -0.4 is 19.1 Å². The summed E-state index contributed by atoms with van der Waals surface area (Å²) in [6.45, 7) is 51.8. The number of pyridine rings is 1. The molecule has 19 rings (SSSR count). The minimum Gasteiger partial charge on any atom is -0.492 e. The van der Waals surface area contributed by atoms with Gasteiger partial charge in [-0.3, -0.25) is 9.78 Å². The average Bonchev–Trinajstić information content (AvgIpc) is 1.68. The third kappa shape index (κ3) is 20.5. The summed E-state index contributed by atoms with van der Waals surface area (Å²) in [5, 5.41) is 8.92. The van der Waals surface area contributed by atoms with E-state index in [4.69, 9.17) is 18.7 Å². The van der Waals surface area contributed by atoms with Crippen LogP contribution in [0.15, 0.2) is 176 Å². The lowest BCUT2D eigenvalue weighted by molar-refractivity contribution is -0.116. The number of rotatable bonds is 16. The summed E-state index contributed by atoms with van der Waals surface area (Å²) in [6.07, 6.45) is 28.3. The van der Waals surface area contributed by atoms with Crippen molar-refractivity contribution in [2.75, 3.05) is 31.3 Å². The second kappa shape index (κ2) is 39.8. The third-order valence-electron chi connectivity index (χ3n) is 23.7. The van der Waals surface area contributed by atoms with Gasteiger partial charge in [0, 0.05) is 85.8 Å². The Morgan fingerprint density at radius 1 is 0.472 bits per heavy atom. The largest absolute Gasteiger partial charge is 0.492 e. The summed E-state index contributed by atoms with van der Waals surface area (Å²) in [6, 6.07) is 31.6. The van der Waals surface area contributed by atoms with Gasteiger partial charge < -0.3 is 51.0 Å². The Morgan fingerprint density at radius 3 is 1.46 bits per heavy atom. The number of benzene rings is 6. The molecule has 9 aromatic heterocycles. The maximum Gasteiger partial charge on any atom is 0.310 e. The minimum absolute atomic E-state index is 0.0231. The number of hydrogen-bond acceptors (Lipinski definition) is 14. The molecule has 0 fully saturated rings. The zero-order chi connectivity index (χ0) is 91.1. The van der Waals surface area contributed by atoms with Gasteiger partial charge in [-0.2, -0.15) is 8.78 Å². The van der Waals surface area contributed by atoms with Crippen molar-refractivity contribution in [2.24, 2.45) is 0 Å². The number of thiophene rings is 1. The monoisotopic (exact) mass is 1730 g/mol. The number of halogens is 2. The summed E-state index contributed by atoms with van der Waals surface area (Å²) in [5.74, 6) is 2.55. The van der Waals surface area contributed by atoms with Crippen molar-refractivity contribution in [3.05, 3.63) is 284 Å². The molecule has 12 heterocycles. The number of aryl methyl sites for hydroxylation is 8. The molecule has 6 aromatic carbocycles. The third-order valence-corrected chi connectivity index (χ3v) is 24.8. The molecule has 0 spiro atoms. The fraction of sp³-hybridized carbons (Fsp3) is 0.394. The van der Waals surface area contributed by atoms with E-state index in [1.54, 1.807) is 46.9 Å². The maximum absolute atomic E-state index is 14.1. The molecule has 666 valence electrons. The van der Waals surface area contributed by atoms with Crippen LogP contribution in [0.25, 0.3) is 55.2 Å². The van der Waals surface area contributed by atoms with Crippen LogP contribution in [0.2, 0.25) is 0 Å². The molecule has 0 unspecified atom stereocenters. The lowest BCUT2D eigenvalue weighted by atomic mass is 9.80. The standard InChI is InChI=1S/C16H22N2O.C16H18N2S.C15H16F2N2O.C15H17N3O.C15H18N2O.C15H18N2.C12H16N2O/c1-5-14-10-18(11-17-14)15-8-7-13(12(3)4)9-16(15)19-6-2;1-10(2)13-5-6-14(18-7-12(4)17-9-18)16-15(13)11(3)8-19-16;1-9(2)11-4-5-12(19-6-10(3)18-8-19)14-13(11)15(16,17)7-20-14;1-9(2)12-5-6-13(18-7-10(3)16-8-18)15-14(12)11(4)17-19-15;1-10(2)12-4-5-14(15-13(12)6-7-18-15)17-8-11(3)16-9-17;1-10(2)12-6-7-15(14-5-4-13(12)14)17-8-11(3)16-9-17;1-8(2)10-4-5-12-11(13-10)6-7-14(12)9(3)15/h7-12H,5-6H2,1-4H3;5-10H,1-4H3;4-6,8-9H,7H2,1-3H3;5-9H,1-4H3;4-5,8-10H,6-7H2,1-3H3;6-10H,4-5H2,1-3H3;4-5,8H,6-7H2,1-3H3. The predicted octanol–water partition coefficient (Wildman–Crippen LogP) is 25.1. The number of fused-ring (bicyclic) bond motifs is 6. The molecule has 0 N–H and O–H groups in total. The van der Waals surface area contributed by atoms with Gasteiger partial charge in [-0.15, -0.1) is 11.3 Å². The molecule has 1 amide bonds. The van der Waals surface area contributed by atoms with Crippen LogP contribution in [0.5, 0.6) is 17.2 Å². The van der Waals surface area contributed by atoms with Gasteiger partial charge in [0.15, 0.2) is 17.9 Å². The van der Waals surface area contributed by atoms with Crippen molar-refractivity contribution < 1.29 is 32.3 Å². The predicted molar refractivity (Wildman–Crippen MR) is 509 cm³/mol. The highest BCUT2D eigenvalue weighted by atomic mass is 32.1. The molecule has 0 radical (unpaired) electrons. The average molecular weight is 1740 g/mol. The minimum atomic E-state index is -2.93. The molecular formula is C104H125F2N15O5S. The van der Waals surface area contributed by atoms with Gasteiger partial charge >= 0.3 is 5.92 Å². The normalized spacial score (nSPS) is 13.2. The summed E-state index contributed by atoms with van der Waals surface area (Å²) in [5.41, 5.74) is 30.7. The summed E-state index contributed by atoms with van der Waals surface area (Å²) >= 11 is 1.83. The highest BCUT2D eigenvalue weighted by molar-refractivity contribution is 7.18. The highest BCUT2D eigenvalue weighted by Crippen LogP contribution is 2.49. The van der Waals surface area contributed by atoms with Crippen molar-refractivity contribution in [1.29, 1.82) is 0 Å². The molecule has 3 aliphatic heterocycles. The van der Waals surface area contributed by atoms with Crippen molar-refractivity contribution in [2.45, 2.75) is 246 Å². The molecule has 0 saturated heterocycles. The van der Waals surface area contributed by atoms with Gasteiger partial charge in [-0.05, 0) is 226 Å². The van der Waals surface area contributed by atoms with Crippen molar-refractivity contribution in [3.8, 4) is 51.4 Å². The zero-order valence-corrected chi connectivity index (χ0v) is 79.3.